The van der Waals surface area contributed by atoms with Crippen molar-refractivity contribution in [3.05, 3.63) is 35.7 Å². The van der Waals surface area contributed by atoms with E-state index in [2.05, 4.69) is 4.98 Å². The molecule has 1 rings (SSSR count). The Kier molecular flexibility index (Phi) is 5.40. The van der Waals surface area contributed by atoms with Gasteiger partial charge in [0.15, 0.2) is 0 Å². The van der Waals surface area contributed by atoms with E-state index in [1.807, 2.05) is 0 Å². The van der Waals surface area contributed by atoms with E-state index in [0.29, 0.717) is 12.1 Å². The molecule has 1 aromatic rings. The smallest absolute Gasteiger partial charge is 0.328 e. The molecule has 0 saturated carbocycles. The minimum atomic E-state index is -1.13. The molecule has 0 atom stereocenters. The monoisotopic (exact) mass is 277 g/mol. The predicted octanol–water partition coefficient (Wildman–Crippen LogP) is 0.127. The molecule has 3 N–H and O–H groups in total. The summed E-state index contributed by atoms with van der Waals surface area (Å²) in [5, 5.41) is 8.61. The zero-order chi connectivity index (χ0) is 15.1. The van der Waals surface area contributed by atoms with Crippen LogP contribution in [0.25, 0.3) is 6.08 Å². The zero-order valence-electron chi connectivity index (χ0n) is 10.9. The Labute approximate surface area is 115 Å². The summed E-state index contributed by atoms with van der Waals surface area (Å²) in [6.07, 6.45) is 3.61. The van der Waals surface area contributed by atoms with Gasteiger partial charge in [0.25, 0.3) is 5.91 Å². The maximum Gasteiger partial charge on any atom is 0.328 e. The van der Waals surface area contributed by atoms with Crippen molar-refractivity contribution in [2.75, 3.05) is 13.1 Å². The van der Waals surface area contributed by atoms with Crippen LogP contribution in [0.4, 0.5) is 0 Å². The lowest BCUT2D eigenvalue weighted by atomic mass is 10.1. The van der Waals surface area contributed by atoms with Gasteiger partial charge in [0.05, 0.1) is 6.54 Å². The number of aromatic nitrogens is 1. The molecule has 0 radical (unpaired) electrons. The number of pyridine rings is 1. The molecular weight excluding hydrogens is 262 g/mol. The summed E-state index contributed by atoms with van der Waals surface area (Å²) in [5.74, 6) is -2.23. The summed E-state index contributed by atoms with van der Waals surface area (Å²) in [6.45, 7) is 1.78. The van der Waals surface area contributed by atoms with Crippen molar-refractivity contribution in [2.45, 2.75) is 6.92 Å². The fourth-order valence-electron chi connectivity index (χ4n) is 1.56. The third-order valence-corrected chi connectivity index (χ3v) is 2.46. The van der Waals surface area contributed by atoms with E-state index in [4.69, 9.17) is 10.8 Å². The van der Waals surface area contributed by atoms with Crippen LogP contribution in [0.5, 0.6) is 0 Å². The van der Waals surface area contributed by atoms with Gasteiger partial charge in [0, 0.05) is 24.4 Å². The summed E-state index contributed by atoms with van der Waals surface area (Å²) in [5.41, 5.74) is 5.52. The Morgan fingerprint density at radius 2 is 2.15 bits per heavy atom. The van der Waals surface area contributed by atoms with E-state index in [0.717, 1.165) is 6.08 Å². The van der Waals surface area contributed by atoms with Gasteiger partial charge in [0.2, 0.25) is 5.91 Å². The first-order chi connectivity index (χ1) is 9.45. The molecule has 1 heterocycles. The summed E-state index contributed by atoms with van der Waals surface area (Å²) >= 11 is 0. The second-order valence-electron chi connectivity index (χ2n) is 3.90. The average Bonchev–Trinajstić information content (AvgIpc) is 2.41. The third-order valence-electron chi connectivity index (χ3n) is 2.46. The zero-order valence-corrected chi connectivity index (χ0v) is 10.9. The van der Waals surface area contributed by atoms with Crippen LogP contribution in [0.1, 0.15) is 23.0 Å². The summed E-state index contributed by atoms with van der Waals surface area (Å²) in [6, 6.07) is 3.15. The number of carboxylic acids is 1. The van der Waals surface area contributed by atoms with Crippen molar-refractivity contribution in [1.29, 1.82) is 0 Å². The van der Waals surface area contributed by atoms with Gasteiger partial charge in [-0.1, -0.05) is 6.07 Å². The molecule has 0 aliphatic rings. The highest BCUT2D eigenvalue weighted by Gasteiger charge is 2.19. The van der Waals surface area contributed by atoms with Gasteiger partial charge in [-0.2, -0.15) is 0 Å². The van der Waals surface area contributed by atoms with Crippen LogP contribution >= 0.6 is 0 Å². The quantitative estimate of drug-likeness (QED) is 0.717. The molecule has 7 heteroatoms. The van der Waals surface area contributed by atoms with Crippen molar-refractivity contribution < 1.29 is 19.5 Å². The van der Waals surface area contributed by atoms with Gasteiger partial charge in [-0.05, 0) is 19.1 Å². The molecule has 0 bridgehead atoms. The predicted molar refractivity (Wildman–Crippen MR) is 71.7 cm³/mol. The number of primary amides is 1. The average molecular weight is 277 g/mol. The Balaban J connectivity index is 3.08. The molecule has 0 aromatic carbocycles. The standard InChI is InChI=1S/C13H15N3O4/c1-2-16(8-10(14)17)13(20)12-9(4-3-7-15-12)5-6-11(18)19/h3-7H,2,8H2,1H3,(H2,14,17)(H,18,19)/b6-5+. The van der Waals surface area contributed by atoms with E-state index < -0.39 is 17.8 Å². The van der Waals surface area contributed by atoms with Gasteiger partial charge in [-0.25, -0.2) is 4.79 Å². The number of carbonyl (C=O) groups is 3. The Morgan fingerprint density at radius 3 is 2.70 bits per heavy atom. The van der Waals surface area contributed by atoms with Crippen LogP contribution < -0.4 is 5.73 Å². The second-order valence-corrected chi connectivity index (χ2v) is 3.90. The summed E-state index contributed by atoms with van der Waals surface area (Å²) in [4.78, 5) is 38.9. The molecule has 0 fully saturated rings. The van der Waals surface area contributed by atoms with E-state index in [1.165, 1.54) is 17.2 Å². The van der Waals surface area contributed by atoms with Crippen molar-refractivity contribution in [2.24, 2.45) is 5.73 Å². The van der Waals surface area contributed by atoms with Crippen LogP contribution in [0.3, 0.4) is 0 Å². The number of nitrogens with two attached hydrogens (primary N) is 1. The fourth-order valence-corrected chi connectivity index (χ4v) is 1.56. The molecule has 106 valence electrons. The molecule has 0 aliphatic carbocycles. The number of carbonyl (C=O) groups excluding carboxylic acids is 2. The van der Waals surface area contributed by atoms with Crippen LogP contribution in [-0.4, -0.2) is 45.9 Å². The van der Waals surface area contributed by atoms with Gasteiger partial charge in [-0.15, -0.1) is 0 Å². The number of hydrogen-bond donors (Lipinski definition) is 2. The first-order valence-corrected chi connectivity index (χ1v) is 5.89. The first kappa shape index (κ1) is 15.4. The highest BCUT2D eigenvalue weighted by molar-refractivity contribution is 5.98. The SMILES string of the molecule is CCN(CC(N)=O)C(=O)c1ncccc1/C=C/C(=O)O. The Hall–Kier alpha value is -2.70. The lowest BCUT2D eigenvalue weighted by molar-refractivity contribution is -0.131. The minimum absolute atomic E-state index is 0.0769. The van der Waals surface area contributed by atoms with E-state index in [1.54, 1.807) is 19.1 Å². The van der Waals surface area contributed by atoms with Crippen LogP contribution in [0, 0.1) is 0 Å². The molecule has 0 unspecified atom stereocenters. The third kappa shape index (κ3) is 4.20. The number of aliphatic carboxylic acids is 1. The number of nitrogens with zero attached hydrogens (tertiary/aromatic N) is 2. The van der Waals surface area contributed by atoms with Crippen LogP contribution in [-0.2, 0) is 9.59 Å². The van der Waals surface area contributed by atoms with Gasteiger partial charge < -0.3 is 15.7 Å². The van der Waals surface area contributed by atoms with Gasteiger partial charge >= 0.3 is 5.97 Å². The maximum absolute atomic E-state index is 12.3. The molecule has 0 saturated heterocycles. The van der Waals surface area contributed by atoms with E-state index in [-0.39, 0.29) is 12.2 Å². The summed E-state index contributed by atoms with van der Waals surface area (Å²) < 4.78 is 0. The first-order valence-electron chi connectivity index (χ1n) is 5.89. The van der Waals surface area contributed by atoms with Crippen LogP contribution in [0.15, 0.2) is 24.4 Å². The number of amides is 2. The topological polar surface area (TPSA) is 114 Å². The van der Waals surface area contributed by atoms with Crippen molar-refractivity contribution in [3.63, 3.8) is 0 Å². The molecule has 1 aromatic heterocycles. The Bertz CT molecular complexity index is 554. The normalized spacial score (nSPS) is 10.4. The molecular formula is C13H15N3O4. The van der Waals surface area contributed by atoms with E-state index in [9.17, 15) is 14.4 Å². The van der Waals surface area contributed by atoms with Crippen LogP contribution in [0.2, 0.25) is 0 Å². The maximum atomic E-state index is 12.3. The summed E-state index contributed by atoms with van der Waals surface area (Å²) in [7, 11) is 0. The fraction of sp³-hybridized carbons (Fsp3) is 0.231. The Morgan fingerprint density at radius 1 is 1.45 bits per heavy atom. The minimum Gasteiger partial charge on any atom is -0.478 e. The molecule has 20 heavy (non-hydrogen) atoms. The van der Waals surface area contributed by atoms with Crippen molar-refractivity contribution >= 4 is 23.9 Å². The molecule has 0 aliphatic heterocycles. The number of carboxylic acid groups (broad SMARTS) is 1. The highest BCUT2D eigenvalue weighted by Crippen LogP contribution is 2.11. The lowest BCUT2D eigenvalue weighted by Crippen LogP contribution is -2.38. The molecule has 0 spiro atoms. The van der Waals surface area contributed by atoms with Gasteiger partial charge in [-0.3, -0.25) is 14.6 Å². The largest absolute Gasteiger partial charge is 0.478 e. The molecule has 7 nitrogen and oxygen atoms in total. The van der Waals surface area contributed by atoms with E-state index >= 15 is 0 Å². The van der Waals surface area contributed by atoms with Crippen molar-refractivity contribution in [1.82, 2.24) is 9.88 Å². The number of hydrogen-bond acceptors (Lipinski definition) is 4. The van der Waals surface area contributed by atoms with Crippen molar-refractivity contribution in [3.8, 4) is 0 Å². The lowest BCUT2D eigenvalue weighted by Gasteiger charge is -2.19. The van der Waals surface area contributed by atoms with Gasteiger partial charge in [0.1, 0.15) is 5.69 Å². The second kappa shape index (κ2) is 7.03. The number of likely N-dealkylation sites (N-methyl/N-ethyl adjacent to an activating group) is 1. The molecule has 2 amide bonds. The number of rotatable bonds is 6. The highest BCUT2D eigenvalue weighted by atomic mass is 16.4.